The van der Waals surface area contributed by atoms with Gasteiger partial charge in [-0.25, -0.2) is 13.1 Å². The van der Waals surface area contributed by atoms with Crippen LogP contribution in [-0.2, 0) is 17.1 Å². The van der Waals surface area contributed by atoms with E-state index in [9.17, 15) is 8.42 Å². The molecule has 4 heterocycles. The van der Waals surface area contributed by atoms with Crippen molar-refractivity contribution in [2.24, 2.45) is 7.05 Å². The van der Waals surface area contributed by atoms with Gasteiger partial charge in [0.1, 0.15) is 17.0 Å². The Morgan fingerprint density at radius 2 is 2.21 bits per heavy atom. The Morgan fingerprint density at radius 1 is 1.33 bits per heavy atom. The van der Waals surface area contributed by atoms with Crippen molar-refractivity contribution in [3.8, 4) is 0 Å². The molecular formula is C13H16N8O2S. The van der Waals surface area contributed by atoms with Crippen LogP contribution in [0.3, 0.4) is 0 Å². The van der Waals surface area contributed by atoms with Crippen molar-refractivity contribution in [1.29, 1.82) is 0 Å². The van der Waals surface area contributed by atoms with E-state index in [1.165, 1.54) is 23.4 Å². The average Bonchev–Trinajstić information content (AvgIpc) is 3.25. The quantitative estimate of drug-likeness (QED) is 0.671. The van der Waals surface area contributed by atoms with Crippen LogP contribution < -0.4 is 9.62 Å². The van der Waals surface area contributed by atoms with Crippen LogP contribution in [0.2, 0.25) is 0 Å². The first kappa shape index (κ1) is 15.0. The third-order valence-corrected chi connectivity index (χ3v) is 5.45. The van der Waals surface area contributed by atoms with Crippen molar-refractivity contribution < 1.29 is 8.42 Å². The normalized spacial score (nSPS) is 18.5. The van der Waals surface area contributed by atoms with Gasteiger partial charge in [-0.3, -0.25) is 4.68 Å². The highest BCUT2D eigenvalue weighted by Crippen LogP contribution is 2.19. The fourth-order valence-corrected chi connectivity index (χ4v) is 4.02. The van der Waals surface area contributed by atoms with E-state index in [4.69, 9.17) is 0 Å². The summed E-state index contributed by atoms with van der Waals surface area (Å²) in [5.74, 6) is 0.769. The Kier molecular flexibility index (Phi) is 3.46. The van der Waals surface area contributed by atoms with E-state index < -0.39 is 10.0 Å². The summed E-state index contributed by atoms with van der Waals surface area (Å²) >= 11 is 0. The first-order valence-electron chi connectivity index (χ1n) is 7.44. The summed E-state index contributed by atoms with van der Waals surface area (Å²) < 4.78 is 30.5. The van der Waals surface area contributed by atoms with E-state index in [-0.39, 0.29) is 10.9 Å². The molecule has 11 heteroatoms. The maximum Gasteiger partial charge on any atom is 0.244 e. The lowest BCUT2D eigenvalue weighted by Crippen LogP contribution is -2.37. The summed E-state index contributed by atoms with van der Waals surface area (Å²) in [7, 11) is -1.88. The molecule has 1 aliphatic heterocycles. The molecule has 0 unspecified atom stereocenters. The number of rotatable bonds is 4. The van der Waals surface area contributed by atoms with Gasteiger partial charge in [-0.2, -0.15) is 9.61 Å². The highest BCUT2D eigenvalue weighted by atomic mass is 32.2. The number of aryl methyl sites for hydroxylation is 1. The molecule has 0 aromatic carbocycles. The summed E-state index contributed by atoms with van der Waals surface area (Å²) in [6, 6.07) is 3.53. The molecule has 0 amide bonds. The van der Waals surface area contributed by atoms with Crippen molar-refractivity contribution in [3.05, 3.63) is 30.9 Å². The Balaban J connectivity index is 1.48. The average molecular weight is 348 g/mol. The molecule has 3 aromatic rings. The van der Waals surface area contributed by atoms with Crippen LogP contribution in [-0.4, -0.2) is 57.1 Å². The number of anilines is 1. The van der Waals surface area contributed by atoms with Gasteiger partial charge in [-0.05, 0) is 18.6 Å². The summed E-state index contributed by atoms with van der Waals surface area (Å²) in [6.07, 6.45) is 5.08. The lowest BCUT2D eigenvalue weighted by molar-refractivity contribution is 0.561. The fourth-order valence-electron chi connectivity index (χ4n) is 2.78. The Hall–Kier alpha value is -2.53. The van der Waals surface area contributed by atoms with Crippen LogP contribution in [0.5, 0.6) is 0 Å². The predicted octanol–water partition coefficient (Wildman–Crippen LogP) is -0.585. The van der Waals surface area contributed by atoms with Gasteiger partial charge in [0.05, 0.1) is 6.20 Å². The van der Waals surface area contributed by atoms with E-state index in [2.05, 4.69) is 25.1 Å². The number of aromatic nitrogens is 6. The monoisotopic (exact) mass is 348 g/mol. The molecular weight excluding hydrogens is 332 g/mol. The molecule has 0 radical (unpaired) electrons. The van der Waals surface area contributed by atoms with Crippen molar-refractivity contribution >= 4 is 21.5 Å². The maximum absolute atomic E-state index is 12.4. The van der Waals surface area contributed by atoms with Gasteiger partial charge in [-0.1, -0.05) is 0 Å². The SMILES string of the molecule is Cn1cc(S(=O)(=O)N[C@@H]2CCN(c3ccc4nncn4n3)C2)cn1. The topological polar surface area (TPSA) is 110 Å². The molecule has 0 spiro atoms. The standard InChI is InChI=1S/C13H16N8O2S/c1-19-8-11(6-15-19)24(22,23)18-10-4-5-20(7-10)13-3-2-12-16-14-9-21(12)17-13/h2-3,6,8-10,18H,4-5,7H2,1H3/t10-/m1/s1. The molecule has 10 nitrogen and oxygen atoms in total. The van der Waals surface area contributed by atoms with Gasteiger partial charge in [0.25, 0.3) is 0 Å². The van der Waals surface area contributed by atoms with Crippen LogP contribution >= 0.6 is 0 Å². The minimum Gasteiger partial charge on any atom is -0.354 e. The smallest absolute Gasteiger partial charge is 0.244 e. The third kappa shape index (κ3) is 2.71. The van der Waals surface area contributed by atoms with E-state index in [1.54, 1.807) is 11.6 Å². The highest BCUT2D eigenvalue weighted by Gasteiger charge is 2.28. The predicted molar refractivity (Wildman–Crippen MR) is 84.9 cm³/mol. The minimum atomic E-state index is -3.56. The second-order valence-electron chi connectivity index (χ2n) is 5.73. The minimum absolute atomic E-state index is 0.173. The molecule has 0 saturated carbocycles. The molecule has 1 fully saturated rings. The van der Waals surface area contributed by atoms with Crippen LogP contribution in [0, 0.1) is 0 Å². The molecule has 0 aliphatic carbocycles. The van der Waals surface area contributed by atoms with Gasteiger partial charge in [-0.15, -0.1) is 15.3 Å². The van der Waals surface area contributed by atoms with E-state index in [0.717, 1.165) is 12.4 Å². The first-order chi connectivity index (χ1) is 11.5. The fraction of sp³-hybridized carbons (Fsp3) is 0.385. The molecule has 1 aliphatic rings. The molecule has 0 bridgehead atoms. The summed E-state index contributed by atoms with van der Waals surface area (Å²) in [4.78, 5) is 2.21. The van der Waals surface area contributed by atoms with Gasteiger partial charge in [0, 0.05) is 32.4 Å². The summed E-state index contributed by atoms with van der Waals surface area (Å²) in [6.45, 7) is 1.28. The molecule has 24 heavy (non-hydrogen) atoms. The Labute approximate surface area is 138 Å². The zero-order valence-corrected chi connectivity index (χ0v) is 13.8. The Morgan fingerprint density at radius 3 is 3.00 bits per heavy atom. The van der Waals surface area contributed by atoms with Crippen LogP contribution in [0.25, 0.3) is 5.65 Å². The second kappa shape index (κ2) is 5.53. The summed E-state index contributed by atoms with van der Waals surface area (Å²) in [5, 5.41) is 16.1. The first-order valence-corrected chi connectivity index (χ1v) is 8.92. The van der Waals surface area contributed by atoms with Gasteiger partial charge in [0.15, 0.2) is 5.65 Å². The van der Waals surface area contributed by atoms with E-state index in [1.807, 2.05) is 17.0 Å². The lowest BCUT2D eigenvalue weighted by Gasteiger charge is -2.17. The number of nitrogens with one attached hydrogen (secondary N) is 1. The van der Waals surface area contributed by atoms with Crippen LogP contribution in [0.15, 0.2) is 35.7 Å². The molecule has 126 valence electrons. The van der Waals surface area contributed by atoms with Crippen molar-refractivity contribution in [2.75, 3.05) is 18.0 Å². The largest absolute Gasteiger partial charge is 0.354 e. The molecule has 3 aromatic heterocycles. The second-order valence-corrected chi connectivity index (χ2v) is 7.44. The number of nitrogens with zero attached hydrogens (tertiary/aromatic N) is 7. The lowest BCUT2D eigenvalue weighted by atomic mass is 10.3. The maximum atomic E-state index is 12.4. The molecule has 1 atom stereocenters. The van der Waals surface area contributed by atoms with E-state index >= 15 is 0 Å². The van der Waals surface area contributed by atoms with Crippen LogP contribution in [0.4, 0.5) is 5.82 Å². The zero-order chi connectivity index (χ0) is 16.7. The third-order valence-electron chi connectivity index (χ3n) is 3.97. The van der Waals surface area contributed by atoms with Crippen molar-refractivity contribution in [1.82, 2.24) is 34.3 Å². The summed E-state index contributed by atoms with van der Waals surface area (Å²) in [5.41, 5.74) is 0.673. The zero-order valence-electron chi connectivity index (χ0n) is 12.9. The molecule has 4 rings (SSSR count). The van der Waals surface area contributed by atoms with E-state index in [0.29, 0.717) is 18.6 Å². The van der Waals surface area contributed by atoms with Crippen molar-refractivity contribution in [3.63, 3.8) is 0 Å². The van der Waals surface area contributed by atoms with Crippen LogP contribution in [0.1, 0.15) is 6.42 Å². The van der Waals surface area contributed by atoms with Gasteiger partial charge >= 0.3 is 0 Å². The number of hydrogen-bond acceptors (Lipinski definition) is 7. The number of sulfonamides is 1. The molecule has 1 saturated heterocycles. The Bertz CT molecular complexity index is 979. The highest BCUT2D eigenvalue weighted by molar-refractivity contribution is 7.89. The van der Waals surface area contributed by atoms with Gasteiger partial charge < -0.3 is 4.90 Å². The number of fused-ring (bicyclic) bond motifs is 1. The van der Waals surface area contributed by atoms with Crippen molar-refractivity contribution in [2.45, 2.75) is 17.4 Å². The van der Waals surface area contributed by atoms with Gasteiger partial charge in [0.2, 0.25) is 10.0 Å². The number of hydrogen-bond donors (Lipinski definition) is 1. The molecule has 1 N–H and O–H groups in total.